The number of esters is 1. The summed E-state index contributed by atoms with van der Waals surface area (Å²) in [6.45, 7) is 3.83. The van der Waals surface area contributed by atoms with E-state index in [1.807, 2.05) is 0 Å². The first-order valence-electron chi connectivity index (χ1n) is 6.97. The SMILES string of the molecule is CCOC(=O)C=C(C)c1ccc(OCCCC(F)(F)F)cc1. The van der Waals surface area contributed by atoms with Crippen molar-refractivity contribution in [1.29, 1.82) is 0 Å². The second-order valence-corrected chi connectivity index (χ2v) is 4.67. The van der Waals surface area contributed by atoms with Crippen LogP contribution in [0.3, 0.4) is 0 Å². The van der Waals surface area contributed by atoms with Crippen LogP contribution in [0, 0.1) is 0 Å². The number of hydrogen-bond acceptors (Lipinski definition) is 3. The summed E-state index contributed by atoms with van der Waals surface area (Å²) in [4.78, 5) is 11.3. The Morgan fingerprint density at radius 3 is 2.41 bits per heavy atom. The molecule has 1 aromatic carbocycles. The van der Waals surface area contributed by atoms with Gasteiger partial charge in [0.25, 0.3) is 0 Å². The molecule has 0 radical (unpaired) electrons. The number of ether oxygens (including phenoxy) is 2. The highest BCUT2D eigenvalue weighted by Gasteiger charge is 2.26. The van der Waals surface area contributed by atoms with Gasteiger partial charge >= 0.3 is 12.1 Å². The Balaban J connectivity index is 2.51. The molecule has 22 heavy (non-hydrogen) atoms. The van der Waals surface area contributed by atoms with Crippen molar-refractivity contribution >= 4 is 11.5 Å². The zero-order valence-corrected chi connectivity index (χ0v) is 12.6. The normalized spacial score (nSPS) is 12.1. The zero-order valence-electron chi connectivity index (χ0n) is 12.6. The van der Waals surface area contributed by atoms with Gasteiger partial charge in [-0.1, -0.05) is 12.1 Å². The highest BCUT2D eigenvalue weighted by atomic mass is 19.4. The van der Waals surface area contributed by atoms with Gasteiger partial charge in [0.2, 0.25) is 0 Å². The molecule has 1 aromatic rings. The van der Waals surface area contributed by atoms with Gasteiger partial charge < -0.3 is 9.47 Å². The molecule has 0 spiro atoms. The van der Waals surface area contributed by atoms with Crippen LogP contribution in [0.4, 0.5) is 13.2 Å². The van der Waals surface area contributed by atoms with E-state index in [1.54, 1.807) is 38.1 Å². The Labute approximate surface area is 127 Å². The van der Waals surface area contributed by atoms with Crippen LogP contribution >= 0.6 is 0 Å². The van der Waals surface area contributed by atoms with Crippen molar-refractivity contribution in [3.05, 3.63) is 35.9 Å². The first-order chi connectivity index (χ1) is 10.3. The molecule has 0 saturated heterocycles. The van der Waals surface area contributed by atoms with Crippen molar-refractivity contribution in [2.45, 2.75) is 32.9 Å². The van der Waals surface area contributed by atoms with E-state index in [9.17, 15) is 18.0 Å². The maximum Gasteiger partial charge on any atom is 0.389 e. The van der Waals surface area contributed by atoms with E-state index in [-0.39, 0.29) is 13.0 Å². The predicted molar refractivity (Wildman–Crippen MR) is 77.5 cm³/mol. The molecule has 6 heteroatoms. The molecule has 0 aliphatic rings. The smallest absolute Gasteiger partial charge is 0.389 e. The number of rotatable bonds is 7. The van der Waals surface area contributed by atoms with Gasteiger partial charge in [-0.25, -0.2) is 4.79 Å². The fourth-order valence-electron chi connectivity index (χ4n) is 1.72. The average Bonchev–Trinajstić information content (AvgIpc) is 2.43. The molecule has 0 bridgehead atoms. The van der Waals surface area contributed by atoms with Crippen molar-refractivity contribution in [1.82, 2.24) is 0 Å². The minimum Gasteiger partial charge on any atom is -0.494 e. The first kappa shape index (κ1) is 18.1. The number of carbonyl (C=O) groups excluding carboxylic acids is 1. The van der Waals surface area contributed by atoms with Gasteiger partial charge in [-0.3, -0.25) is 0 Å². The monoisotopic (exact) mass is 316 g/mol. The molecular weight excluding hydrogens is 297 g/mol. The lowest BCUT2D eigenvalue weighted by Gasteiger charge is -2.09. The molecule has 0 aliphatic heterocycles. The molecule has 0 amide bonds. The lowest BCUT2D eigenvalue weighted by Crippen LogP contribution is -2.09. The molecule has 0 aliphatic carbocycles. The van der Waals surface area contributed by atoms with Crippen molar-refractivity contribution in [3.8, 4) is 5.75 Å². The molecule has 3 nitrogen and oxygen atoms in total. The van der Waals surface area contributed by atoms with Gasteiger partial charge in [-0.15, -0.1) is 0 Å². The highest BCUT2D eigenvalue weighted by Crippen LogP contribution is 2.22. The van der Waals surface area contributed by atoms with E-state index in [4.69, 9.17) is 9.47 Å². The van der Waals surface area contributed by atoms with Gasteiger partial charge in [-0.05, 0) is 43.5 Å². The van der Waals surface area contributed by atoms with Crippen LogP contribution in [0.15, 0.2) is 30.3 Å². The van der Waals surface area contributed by atoms with E-state index in [2.05, 4.69) is 0 Å². The van der Waals surface area contributed by atoms with E-state index < -0.39 is 18.6 Å². The number of alkyl halides is 3. The van der Waals surface area contributed by atoms with Gasteiger partial charge in [0.1, 0.15) is 5.75 Å². The second kappa shape index (κ2) is 8.46. The molecule has 0 fully saturated rings. The largest absolute Gasteiger partial charge is 0.494 e. The Bertz CT molecular complexity index is 504. The van der Waals surface area contributed by atoms with E-state index in [0.717, 1.165) is 11.1 Å². The van der Waals surface area contributed by atoms with Crippen LogP contribution in [-0.2, 0) is 9.53 Å². The van der Waals surface area contributed by atoms with Gasteiger partial charge in [0, 0.05) is 12.5 Å². The van der Waals surface area contributed by atoms with Crippen LogP contribution in [-0.4, -0.2) is 25.4 Å². The Morgan fingerprint density at radius 1 is 1.23 bits per heavy atom. The highest BCUT2D eigenvalue weighted by molar-refractivity contribution is 5.90. The topological polar surface area (TPSA) is 35.5 Å². The first-order valence-corrected chi connectivity index (χ1v) is 6.97. The molecule has 1 rings (SSSR count). The van der Waals surface area contributed by atoms with Gasteiger partial charge in [0.15, 0.2) is 0 Å². The van der Waals surface area contributed by atoms with Crippen LogP contribution in [0.5, 0.6) is 5.75 Å². The van der Waals surface area contributed by atoms with Crippen LogP contribution in [0.25, 0.3) is 5.57 Å². The molecule has 122 valence electrons. The minimum absolute atomic E-state index is 0.0104. The summed E-state index contributed by atoms with van der Waals surface area (Å²) in [6, 6.07) is 6.80. The third kappa shape index (κ3) is 7.15. The number of hydrogen-bond donors (Lipinski definition) is 0. The maximum atomic E-state index is 12.0. The summed E-state index contributed by atoms with van der Waals surface area (Å²) in [5.74, 6) is 0.0855. The van der Waals surface area contributed by atoms with Crippen molar-refractivity contribution in [3.63, 3.8) is 0 Å². The third-order valence-corrected chi connectivity index (χ3v) is 2.80. The summed E-state index contributed by atoms with van der Waals surface area (Å²) < 4.78 is 46.0. The van der Waals surface area contributed by atoms with E-state index in [0.29, 0.717) is 12.4 Å². The third-order valence-electron chi connectivity index (χ3n) is 2.80. The minimum atomic E-state index is -4.15. The van der Waals surface area contributed by atoms with Crippen molar-refractivity contribution in [2.75, 3.05) is 13.2 Å². The Morgan fingerprint density at radius 2 is 1.86 bits per heavy atom. The van der Waals surface area contributed by atoms with Crippen LogP contribution in [0.1, 0.15) is 32.3 Å². The summed E-state index contributed by atoms with van der Waals surface area (Å²) >= 11 is 0. The van der Waals surface area contributed by atoms with Crippen LogP contribution < -0.4 is 4.74 Å². The van der Waals surface area contributed by atoms with E-state index >= 15 is 0 Å². The zero-order chi connectivity index (χ0) is 16.6. The molecular formula is C16H19F3O3. The quantitative estimate of drug-likeness (QED) is 0.425. The summed E-state index contributed by atoms with van der Waals surface area (Å²) in [7, 11) is 0. The second-order valence-electron chi connectivity index (χ2n) is 4.67. The van der Waals surface area contributed by atoms with E-state index in [1.165, 1.54) is 6.08 Å². The van der Waals surface area contributed by atoms with Crippen LogP contribution in [0.2, 0.25) is 0 Å². The average molecular weight is 316 g/mol. The number of halogens is 3. The maximum absolute atomic E-state index is 12.0. The number of carbonyl (C=O) groups is 1. The fraction of sp³-hybridized carbons (Fsp3) is 0.438. The predicted octanol–water partition coefficient (Wildman–Crippen LogP) is 4.37. The van der Waals surface area contributed by atoms with Crippen molar-refractivity contribution in [2.24, 2.45) is 0 Å². The summed E-state index contributed by atoms with van der Waals surface area (Å²) in [5, 5.41) is 0. The molecule has 0 heterocycles. The molecule has 0 atom stereocenters. The number of benzene rings is 1. The van der Waals surface area contributed by atoms with Gasteiger partial charge in [-0.2, -0.15) is 13.2 Å². The molecule has 0 aromatic heterocycles. The van der Waals surface area contributed by atoms with Crippen molar-refractivity contribution < 1.29 is 27.4 Å². The fourth-order valence-corrected chi connectivity index (χ4v) is 1.72. The standard InChI is InChI=1S/C16H19F3O3/c1-3-21-15(20)11-12(2)13-5-7-14(8-6-13)22-10-4-9-16(17,18)19/h5-8,11H,3-4,9-10H2,1-2H3. The molecule has 0 N–H and O–H groups in total. The summed E-state index contributed by atoms with van der Waals surface area (Å²) in [5.41, 5.74) is 1.55. The Kier molecular flexibility index (Phi) is 6.95. The summed E-state index contributed by atoms with van der Waals surface area (Å²) in [6.07, 6.45) is -3.69. The lowest BCUT2D eigenvalue weighted by atomic mass is 10.1. The Hall–Kier alpha value is -1.98. The number of allylic oxidation sites excluding steroid dienone is 1. The molecule has 0 saturated carbocycles. The molecule has 0 unspecified atom stereocenters. The van der Waals surface area contributed by atoms with Gasteiger partial charge in [0.05, 0.1) is 13.2 Å². The lowest BCUT2D eigenvalue weighted by molar-refractivity contribution is -0.137.